The summed E-state index contributed by atoms with van der Waals surface area (Å²) in [6.45, 7) is 1.78. The van der Waals surface area contributed by atoms with Gasteiger partial charge in [-0.1, -0.05) is 61.6 Å². The average molecular weight is 419 g/mol. The topological polar surface area (TPSA) is 46.5 Å². The zero-order valence-corrected chi connectivity index (χ0v) is 17.1. The SMILES string of the molecule is CC[C@H]1OC[C@@](CC(=S)CC(=O)c2ccccc2)(c2cccc(F)c2F)[C@@H]1CO. The third kappa shape index (κ3) is 4.29. The number of aliphatic hydroxyl groups excluding tert-OH is 1. The van der Waals surface area contributed by atoms with Crippen LogP contribution in [-0.2, 0) is 10.2 Å². The third-order valence-corrected chi connectivity index (χ3v) is 6.06. The molecular weight excluding hydrogens is 394 g/mol. The Morgan fingerprint density at radius 2 is 1.93 bits per heavy atom. The van der Waals surface area contributed by atoms with Crippen LogP contribution in [0.5, 0.6) is 0 Å². The highest BCUT2D eigenvalue weighted by atomic mass is 32.1. The minimum atomic E-state index is -1.02. The molecule has 1 N–H and O–H groups in total. The van der Waals surface area contributed by atoms with Crippen molar-refractivity contribution in [3.05, 3.63) is 71.3 Å². The van der Waals surface area contributed by atoms with Crippen LogP contribution in [0.1, 0.15) is 42.1 Å². The van der Waals surface area contributed by atoms with Crippen molar-refractivity contribution in [2.75, 3.05) is 13.2 Å². The van der Waals surface area contributed by atoms with Crippen LogP contribution < -0.4 is 0 Å². The number of ether oxygens (including phenoxy) is 1. The van der Waals surface area contributed by atoms with Crippen molar-refractivity contribution in [2.45, 2.75) is 37.7 Å². The molecule has 0 aliphatic carbocycles. The van der Waals surface area contributed by atoms with E-state index in [4.69, 9.17) is 17.0 Å². The summed E-state index contributed by atoms with van der Waals surface area (Å²) in [4.78, 5) is 13.0. The summed E-state index contributed by atoms with van der Waals surface area (Å²) in [7, 11) is 0. The second kappa shape index (κ2) is 9.20. The van der Waals surface area contributed by atoms with E-state index < -0.39 is 23.0 Å². The molecule has 0 saturated carbocycles. The number of hydrogen-bond acceptors (Lipinski definition) is 4. The Morgan fingerprint density at radius 1 is 1.21 bits per heavy atom. The Kier molecular flexibility index (Phi) is 6.88. The van der Waals surface area contributed by atoms with Gasteiger partial charge in [0.2, 0.25) is 0 Å². The number of carbonyl (C=O) groups excluding carboxylic acids is 1. The van der Waals surface area contributed by atoms with E-state index in [1.165, 1.54) is 12.1 Å². The second-order valence-corrected chi connectivity index (χ2v) is 8.06. The first-order chi connectivity index (χ1) is 13.9. The number of hydrogen-bond donors (Lipinski definition) is 1. The molecule has 0 aromatic heterocycles. The van der Waals surface area contributed by atoms with E-state index >= 15 is 0 Å². The molecule has 6 heteroatoms. The summed E-state index contributed by atoms with van der Waals surface area (Å²) in [5.74, 6) is -2.49. The first-order valence-electron chi connectivity index (χ1n) is 9.69. The molecule has 3 atom stereocenters. The number of Topliss-reactive ketones (excluding diaryl/α,β-unsaturated/α-hetero) is 1. The standard InChI is InChI=1S/C23H24F2O3S/c1-2-21-18(13-26)23(14-28-21,17-9-6-10-19(24)22(17)25)12-16(29)11-20(27)15-7-4-3-5-8-15/h3-10,18,21,26H,2,11-14H2,1H3/t18-,21-,23+/m1/s1. The smallest absolute Gasteiger partial charge is 0.167 e. The van der Waals surface area contributed by atoms with Gasteiger partial charge in [0.15, 0.2) is 17.4 Å². The Bertz CT molecular complexity index is 887. The molecule has 0 unspecified atom stereocenters. The average Bonchev–Trinajstić information content (AvgIpc) is 3.08. The van der Waals surface area contributed by atoms with Gasteiger partial charge in [0.1, 0.15) is 0 Å². The van der Waals surface area contributed by atoms with E-state index in [2.05, 4.69) is 0 Å². The molecule has 3 nitrogen and oxygen atoms in total. The maximum Gasteiger partial charge on any atom is 0.167 e. The van der Waals surface area contributed by atoms with Gasteiger partial charge in [0.05, 0.1) is 12.7 Å². The van der Waals surface area contributed by atoms with Crippen LogP contribution >= 0.6 is 12.2 Å². The Balaban J connectivity index is 1.93. The molecule has 3 rings (SSSR count). The van der Waals surface area contributed by atoms with E-state index in [0.29, 0.717) is 16.8 Å². The molecular formula is C23H24F2O3S. The maximum absolute atomic E-state index is 14.8. The van der Waals surface area contributed by atoms with E-state index in [9.17, 15) is 18.7 Å². The fourth-order valence-corrected chi connectivity index (χ4v) is 4.68. The van der Waals surface area contributed by atoms with Crippen molar-refractivity contribution in [1.82, 2.24) is 0 Å². The highest BCUT2D eigenvalue weighted by Crippen LogP contribution is 2.46. The molecule has 1 heterocycles. The van der Waals surface area contributed by atoms with Gasteiger partial charge in [-0.05, 0) is 18.9 Å². The fourth-order valence-electron chi connectivity index (χ4n) is 4.29. The number of benzene rings is 2. The van der Waals surface area contributed by atoms with Crippen LogP contribution in [0, 0.1) is 17.6 Å². The lowest BCUT2D eigenvalue weighted by Gasteiger charge is -2.35. The molecule has 2 aromatic rings. The van der Waals surface area contributed by atoms with Crippen LogP contribution in [0.15, 0.2) is 48.5 Å². The Hall–Kier alpha value is -2.02. The highest BCUT2D eigenvalue weighted by molar-refractivity contribution is 7.80. The van der Waals surface area contributed by atoms with Gasteiger partial charge in [-0.25, -0.2) is 8.78 Å². The molecule has 154 valence electrons. The minimum absolute atomic E-state index is 0.0208. The normalized spacial score (nSPS) is 23.9. The van der Waals surface area contributed by atoms with Gasteiger partial charge in [-0.2, -0.15) is 0 Å². The number of ketones is 1. The lowest BCUT2D eigenvalue weighted by molar-refractivity contribution is 0.0693. The number of rotatable bonds is 8. The van der Waals surface area contributed by atoms with Gasteiger partial charge in [0, 0.05) is 40.4 Å². The van der Waals surface area contributed by atoms with Crippen molar-refractivity contribution in [1.29, 1.82) is 0 Å². The van der Waals surface area contributed by atoms with E-state index in [1.807, 2.05) is 13.0 Å². The largest absolute Gasteiger partial charge is 0.396 e. The van der Waals surface area contributed by atoms with Crippen LogP contribution in [0.4, 0.5) is 8.78 Å². The Labute approximate surface area is 174 Å². The van der Waals surface area contributed by atoms with Crippen LogP contribution in [-0.4, -0.2) is 35.1 Å². The lowest BCUT2D eigenvalue weighted by Crippen LogP contribution is -2.41. The van der Waals surface area contributed by atoms with Crippen molar-refractivity contribution in [2.24, 2.45) is 5.92 Å². The summed E-state index contributed by atoms with van der Waals surface area (Å²) < 4.78 is 34.7. The number of aliphatic hydroxyl groups is 1. The third-order valence-electron chi connectivity index (χ3n) is 5.77. The zero-order valence-electron chi connectivity index (χ0n) is 16.2. The Morgan fingerprint density at radius 3 is 2.59 bits per heavy atom. The van der Waals surface area contributed by atoms with Gasteiger partial charge >= 0.3 is 0 Å². The number of thiocarbonyl (C=S) groups is 1. The predicted octanol–water partition coefficient (Wildman–Crippen LogP) is 4.65. The van der Waals surface area contributed by atoms with Gasteiger partial charge < -0.3 is 9.84 Å². The predicted molar refractivity (Wildman–Crippen MR) is 111 cm³/mol. The molecule has 0 amide bonds. The van der Waals surface area contributed by atoms with E-state index in [1.54, 1.807) is 24.3 Å². The maximum atomic E-state index is 14.8. The molecule has 0 radical (unpaired) electrons. The van der Waals surface area contributed by atoms with E-state index in [-0.39, 0.29) is 43.5 Å². The van der Waals surface area contributed by atoms with Gasteiger partial charge in [0.25, 0.3) is 0 Å². The van der Waals surface area contributed by atoms with Crippen LogP contribution in [0.25, 0.3) is 0 Å². The summed E-state index contributed by atoms with van der Waals surface area (Å²) in [6, 6.07) is 12.8. The summed E-state index contributed by atoms with van der Waals surface area (Å²) in [6.07, 6.45) is 0.505. The monoisotopic (exact) mass is 418 g/mol. The quantitative estimate of drug-likeness (QED) is 0.501. The second-order valence-electron chi connectivity index (χ2n) is 7.49. The summed E-state index contributed by atoms with van der Waals surface area (Å²) >= 11 is 5.52. The van der Waals surface area contributed by atoms with Crippen molar-refractivity contribution >= 4 is 22.9 Å². The minimum Gasteiger partial charge on any atom is -0.396 e. The summed E-state index contributed by atoms with van der Waals surface area (Å²) in [5, 5.41) is 10.1. The molecule has 0 bridgehead atoms. The number of halogens is 2. The fraction of sp³-hybridized carbons (Fsp3) is 0.391. The highest BCUT2D eigenvalue weighted by Gasteiger charge is 2.51. The molecule has 0 spiro atoms. The van der Waals surface area contributed by atoms with Gasteiger partial charge in [-0.3, -0.25) is 4.79 Å². The molecule has 1 aliphatic heterocycles. The first-order valence-corrected chi connectivity index (χ1v) is 10.1. The van der Waals surface area contributed by atoms with Crippen molar-refractivity contribution in [3.8, 4) is 0 Å². The number of carbonyl (C=O) groups is 1. The summed E-state index contributed by atoms with van der Waals surface area (Å²) in [5.41, 5.74) is -0.328. The molecule has 1 saturated heterocycles. The van der Waals surface area contributed by atoms with E-state index in [0.717, 1.165) is 6.07 Å². The molecule has 29 heavy (non-hydrogen) atoms. The van der Waals surface area contributed by atoms with Crippen LogP contribution in [0.2, 0.25) is 0 Å². The first kappa shape index (κ1) is 21.7. The molecule has 2 aromatic carbocycles. The van der Waals surface area contributed by atoms with Crippen molar-refractivity contribution < 1.29 is 23.4 Å². The molecule has 1 aliphatic rings. The van der Waals surface area contributed by atoms with Gasteiger partial charge in [-0.15, -0.1) is 0 Å². The van der Waals surface area contributed by atoms with Crippen molar-refractivity contribution in [3.63, 3.8) is 0 Å². The van der Waals surface area contributed by atoms with Crippen LogP contribution in [0.3, 0.4) is 0 Å². The lowest BCUT2D eigenvalue weighted by atomic mass is 9.67. The molecule has 1 fully saturated rings. The zero-order chi connectivity index (χ0) is 21.0.